The number of hydrogen-bond acceptors (Lipinski definition) is 6. The predicted octanol–water partition coefficient (Wildman–Crippen LogP) is 3.35. The fourth-order valence-corrected chi connectivity index (χ4v) is 6.86. The molecule has 1 fully saturated rings. The van der Waals surface area contributed by atoms with Crippen molar-refractivity contribution in [3.63, 3.8) is 0 Å². The molecular formula is C24H21N3O4S2. The van der Waals surface area contributed by atoms with Crippen LogP contribution in [0.25, 0.3) is 20.7 Å². The summed E-state index contributed by atoms with van der Waals surface area (Å²) in [6.45, 7) is -0.219. The van der Waals surface area contributed by atoms with E-state index in [1.165, 1.54) is 27.1 Å². The highest BCUT2D eigenvalue weighted by molar-refractivity contribution is 7.91. The molecular weight excluding hydrogens is 458 g/mol. The van der Waals surface area contributed by atoms with Crippen molar-refractivity contribution in [3.05, 3.63) is 83.4 Å². The molecule has 168 valence electrons. The number of thiophene rings is 1. The van der Waals surface area contributed by atoms with Crippen LogP contribution in [0.15, 0.2) is 77.9 Å². The highest BCUT2D eigenvalue weighted by Gasteiger charge is 2.35. The van der Waals surface area contributed by atoms with Crippen LogP contribution in [0.1, 0.15) is 6.42 Å². The summed E-state index contributed by atoms with van der Waals surface area (Å²) >= 11 is 1.43. The molecule has 4 aromatic rings. The Hall–Kier alpha value is -3.30. The zero-order valence-corrected chi connectivity index (χ0v) is 19.3. The Morgan fingerprint density at radius 3 is 2.45 bits per heavy atom. The number of carbonyl (C=O) groups excluding carboxylic acids is 1. The van der Waals surface area contributed by atoms with Crippen molar-refractivity contribution in [1.29, 1.82) is 0 Å². The standard InChI is InChI=1S/C24H21N3O4S2/c28-22(27(18-9-5-2-6-10-18)19-11-12-33(30,31)15-19)14-26-16-25-23-20(24(26)29)13-21(32-23)17-7-3-1-4-8-17/h1-10,13,16,19H,11-12,14-15H2/t19-/m0/s1. The average Bonchev–Trinajstić information content (AvgIpc) is 3.41. The minimum absolute atomic E-state index is 0.0545. The first-order valence-electron chi connectivity index (χ1n) is 10.5. The first-order valence-corrected chi connectivity index (χ1v) is 13.2. The Balaban J connectivity index is 1.48. The van der Waals surface area contributed by atoms with Gasteiger partial charge >= 0.3 is 0 Å². The van der Waals surface area contributed by atoms with Crippen molar-refractivity contribution < 1.29 is 13.2 Å². The Labute approximate surface area is 194 Å². The maximum Gasteiger partial charge on any atom is 0.262 e. The molecule has 0 spiro atoms. The Bertz CT molecular complexity index is 1480. The second-order valence-electron chi connectivity index (χ2n) is 8.03. The number of carbonyl (C=O) groups is 1. The number of sulfone groups is 1. The fraction of sp³-hybridized carbons (Fsp3) is 0.208. The lowest BCUT2D eigenvalue weighted by Gasteiger charge is -2.28. The predicted molar refractivity (Wildman–Crippen MR) is 130 cm³/mol. The number of hydrogen-bond donors (Lipinski definition) is 0. The number of nitrogens with zero attached hydrogens (tertiary/aromatic N) is 3. The summed E-state index contributed by atoms with van der Waals surface area (Å²) in [6.07, 6.45) is 1.77. The molecule has 2 aromatic carbocycles. The maximum absolute atomic E-state index is 13.4. The van der Waals surface area contributed by atoms with Crippen molar-refractivity contribution in [2.45, 2.75) is 19.0 Å². The van der Waals surface area contributed by atoms with Gasteiger partial charge in [-0.15, -0.1) is 11.3 Å². The summed E-state index contributed by atoms with van der Waals surface area (Å²) in [5, 5.41) is 0.462. The van der Waals surface area contributed by atoms with Gasteiger partial charge in [-0.1, -0.05) is 48.5 Å². The third-order valence-electron chi connectivity index (χ3n) is 5.76. The lowest BCUT2D eigenvalue weighted by molar-refractivity contribution is -0.119. The second kappa shape index (κ2) is 8.57. The number of anilines is 1. The Morgan fingerprint density at radius 1 is 1.09 bits per heavy atom. The Kier molecular flexibility index (Phi) is 5.59. The van der Waals surface area contributed by atoms with Gasteiger partial charge in [-0.25, -0.2) is 13.4 Å². The third-order valence-corrected chi connectivity index (χ3v) is 8.60. The van der Waals surface area contributed by atoms with Crippen LogP contribution in [0.4, 0.5) is 5.69 Å². The van der Waals surface area contributed by atoms with Crippen LogP contribution >= 0.6 is 11.3 Å². The van der Waals surface area contributed by atoms with Crippen molar-refractivity contribution >= 4 is 43.0 Å². The van der Waals surface area contributed by atoms with Crippen LogP contribution in [0.5, 0.6) is 0 Å². The van der Waals surface area contributed by atoms with Gasteiger partial charge in [0.1, 0.15) is 11.4 Å². The van der Waals surface area contributed by atoms with E-state index in [-0.39, 0.29) is 29.5 Å². The molecule has 0 aliphatic carbocycles. The molecule has 0 bridgehead atoms. The second-order valence-corrected chi connectivity index (χ2v) is 11.3. The van der Waals surface area contributed by atoms with Gasteiger partial charge in [0.05, 0.1) is 29.3 Å². The minimum atomic E-state index is -3.19. The molecule has 1 aliphatic heterocycles. The van der Waals surface area contributed by atoms with Crippen LogP contribution in [0.2, 0.25) is 0 Å². The number of benzene rings is 2. The van der Waals surface area contributed by atoms with E-state index in [1.54, 1.807) is 24.3 Å². The van der Waals surface area contributed by atoms with Crippen molar-refractivity contribution in [2.24, 2.45) is 0 Å². The van der Waals surface area contributed by atoms with Gasteiger partial charge in [0.2, 0.25) is 5.91 Å². The van der Waals surface area contributed by atoms with Crippen LogP contribution in [-0.4, -0.2) is 41.4 Å². The van der Waals surface area contributed by atoms with E-state index in [1.807, 2.05) is 42.5 Å². The molecule has 0 unspecified atom stereocenters. The van der Waals surface area contributed by atoms with E-state index in [4.69, 9.17) is 0 Å². The summed E-state index contributed by atoms with van der Waals surface area (Å²) in [5.74, 6) is -0.367. The molecule has 33 heavy (non-hydrogen) atoms. The van der Waals surface area contributed by atoms with Gasteiger partial charge in [-0.3, -0.25) is 14.2 Å². The zero-order chi connectivity index (χ0) is 23.0. The number of amides is 1. The summed E-state index contributed by atoms with van der Waals surface area (Å²) in [6, 6.07) is 20.1. The highest BCUT2D eigenvalue weighted by Crippen LogP contribution is 2.30. The smallest absolute Gasteiger partial charge is 0.262 e. The van der Waals surface area contributed by atoms with Gasteiger partial charge in [0.25, 0.3) is 5.56 Å². The van der Waals surface area contributed by atoms with Gasteiger partial charge in [-0.05, 0) is 30.2 Å². The monoisotopic (exact) mass is 479 g/mol. The Morgan fingerprint density at radius 2 is 1.79 bits per heavy atom. The highest BCUT2D eigenvalue weighted by atomic mass is 32.2. The topological polar surface area (TPSA) is 89.3 Å². The zero-order valence-electron chi connectivity index (χ0n) is 17.6. The van der Waals surface area contributed by atoms with E-state index >= 15 is 0 Å². The van der Waals surface area contributed by atoms with Crippen LogP contribution in [0, 0.1) is 0 Å². The molecule has 1 atom stereocenters. The van der Waals surface area contributed by atoms with Crippen molar-refractivity contribution in [1.82, 2.24) is 9.55 Å². The van der Waals surface area contributed by atoms with Gasteiger partial charge < -0.3 is 4.90 Å². The average molecular weight is 480 g/mol. The number of rotatable bonds is 5. The molecule has 1 aliphatic rings. The lowest BCUT2D eigenvalue weighted by atomic mass is 10.1. The molecule has 7 nitrogen and oxygen atoms in total. The molecule has 3 heterocycles. The summed E-state index contributed by atoms with van der Waals surface area (Å²) in [5.41, 5.74) is 1.33. The molecule has 0 saturated carbocycles. The molecule has 5 rings (SSSR count). The minimum Gasteiger partial charge on any atom is -0.307 e. The van der Waals surface area contributed by atoms with Crippen LogP contribution in [-0.2, 0) is 21.2 Å². The van der Waals surface area contributed by atoms with E-state index < -0.39 is 15.9 Å². The number of para-hydroxylation sites is 1. The van der Waals surface area contributed by atoms with Gasteiger partial charge in [0, 0.05) is 10.6 Å². The summed E-state index contributed by atoms with van der Waals surface area (Å²) in [4.78, 5) is 34.0. The van der Waals surface area contributed by atoms with E-state index in [0.29, 0.717) is 22.3 Å². The van der Waals surface area contributed by atoms with Crippen LogP contribution in [0.3, 0.4) is 0 Å². The summed E-state index contributed by atoms with van der Waals surface area (Å²) in [7, 11) is -3.19. The summed E-state index contributed by atoms with van der Waals surface area (Å²) < 4.78 is 25.4. The first kappa shape index (κ1) is 21.5. The SMILES string of the molecule is O=C(Cn1cnc2sc(-c3ccccc3)cc2c1=O)N(c1ccccc1)[C@H]1CCS(=O)(=O)C1. The quantitative estimate of drug-likeness (QED) is 0.438. The molecule has 2 aromatic heterocycles. The van der Waals surface area contributed by atoms with Gasteiger partial charge in [0.15, 0.2) is 9.84 Å². The normalized spacial score (nSPS) is 17.3. The number of fused-ring (bicyclic) bond motifs is 1. The van der Waals surface area contributed by atoms with E-state index in [2.05, 4.69) is 4.98 Å². The van der Waals surface area contributed by atoms with E-state index in [0.717, 1.165) is 10.4 Å². The largest absolute Gasteiger partial charge is 0.307 e. The fourth-order valence-electron chi connectivity index (χ4n) is 4.17. The molecule has 0 radical (unpaired) electrons. The molecule has 1 amide bonds. The third kappa shape index (κ3) is 4.34. The van der Waals surface area contributed by atoms with Crippen molar-refractivity contribution in [2.75, 3.05) is 16.4 Å². The lowest BCUT2D eigenvalue weighted by Crippen LogP contribution is -2.44. The molecule has 9 heteroatoms. The van der Waals surface area contributed by atoms with Gasteiger partial charge in [-0.2, -0.15) is 0 Å². The maximum atomic E-state index is 13.4. The molecule has 1 saturated heterocycles. The number of aromatic nitrogens is 2. The molecule has 0 N–H and O–H groups in total. The van der Waals surface area contributed by atoms with E-state index in [9.17, 15) is 18.0 Å². The van der Waals surface area contributed by atoms with Crippen molar-refractivity contribution in [3.8, 4) is 10.4 Å². The van der Waals surface area contributed by atoms with Crippen LogP contribution < -0.4 is 10.5 Å². The first-order chi connectivity index (χ1) is 15.9.